The van der Waals surface area contributed by atoms with Crippen molar-refractivity contribution < 1.29 is 78.4 Å². The predicted molar refractivity (Wildman–Crippen MR) is 165 cm³/mol. The fraction of sp³-hybridized carbons (Fsp3) is 0.531. The minimum Gasteiger partial charge on any atom is -0.493 e. The van der Waals surface area contributed by atoms with E-state index in [9.17, 15) is 45.6 Å². The Morgan fingerprint density at radius 1 is 0.735 bits per heavy atom. The van der Waals surface area contributed by atoms with Gasteiger partial charge in [0.2, 0.25) is 6.29 Å². The van der Waals surface area contributed by atoms with Crippen LogP contribution < -0.4 is 24.4 Å². The number of methoxy groups -OCH3 is 1. The summed E-state index contributed by atoms with van der Waals surface area (Å²) >= 11 is 0. The van der Waals surface area contributed by atoms with Crippen LogP contribution in [0.15, 0.2) is 45.6 Å². The number of hydrogen-bond donors (Lipinski definition) is 8. The number of rotatable bonds is 13. The van der Waals surface area contributed by atoms with E-state index in [1.165, 1.54) is 32.2 Å². The van der Waals surface area contributed by atoms with Crippen LogP contribution in [-0.4, -0.2) is 142 Å². The Bertz CT molecular complexity index is 1610. The van der Waals surface area contributed by atoms with Crippen LogP contribution in [0.25, 0.3) is 22.3 Å². The lowest BCUT2D eigenvalue weighted by atomic mass is 9.98. The van der Waals surface area contributed by atoms with Gasteiger partial charge in [0, 0.05) is 23.8 Å². The molecule has 2 fully saturated rings. The molecule has 1 aromatic heterocycles. The van der Waals surface area contributed by atoms with Gasteiger partial charge in [0.25, 0.3) is 0 Å². The molecular weight excluding hydrogens is 656 g/mol. The lowest BCUT2D eigenvalue weighted by Crippen LogP contribution is -2.61. The topological polar surface area (TPSA) is 257 Å². The molecular formula is C32H40O17. The molecule has 0 spiro atoms. The summed E-state index contributed by atoms with van der Waals surface area (Å²) in [6.45, 7) is 0.118. The van der Waals surface area contributed by atoms with Gasteiger partial charge in [-0.15, -0.1) is 0 Å². The minimum absolute atomic E-state index is 0.00855. The van der Waals surface area contributed by atoms with Gasteiger partial charge >= 0.3 is 0 Å². The SMILES string of the molecule is COc1ccc(-c2cc(=O)c3c(OCCO)cc(OC4O[C@H](COC5O[C@@H](C)[C@H](O)[C@@H](O)[C@H]5O)[C@@H](O)[C@H](O)[C@H]4O)cc3o2)cc1OCCO. The van der Waals surface area contributed by atoms with Crippen LogP contribution in [0.1, 0.15) is 6.92 Å². The normalized spacial score (nSPS) is 30.2. The standard InChI is InChI=1S/C32H40O17/c1-14-25(36)27(38)29(40)31(46-14)45-13-23-26(37)28(39)30(41)32(49-23)47-16-10-21(44-8-6-34)24-17(35)12-19(48-22(24)11-16)15-3-4-18(42-2)20(9-15)43-7-5-33/h3-4,9-12,14,23,25-34,36-41H,5-8,13H2,1-2H3/t14-,23+,25-,26+,27+,28-,29+,30+,31?,32?/m0/s1. The molecule has 2 aliphatic heterocycles. The summed E-state index contributed by atoms with van der Waals surface area (Å²) in [4.78, 5) is 13.4. The highest BCUT2D eigenvalue weighted by Crippen LogP contribution is 2.36. The summed E-state index contributed by atoms with van der Waals surface area (Å²) in [6, 6.07) is 8.62. The maximum Gasteiger partial charge on any atom is 0.229 e. The van der Waals surface area contributed by atoms with Crippen molar-refractivity contribution in [3.63, 3.8) is 0 Å². The predicted octanol–water partition coefficient (Wildman–Crippen LogP) is -1.76. The van der Waals surface area contributed by atoms with Crippen LogP contribution in [0, 0.1) is 0 Å². The number of fused-ring (bicyclic) bond motifs is 1. The van der Waals surface area contributed by atoms with Gasteiger partial charge in [-0.25, -0.2) is 0 Å². The van der Waals surface area contributed by atoms with Gasteiger partial charge < -0.3 is 78.4 Å². The quantitative estimate of drug-likeness (QED) is 0.0985. The Morgan fingerprint density at radius 3 is 2.10 bits per heavy atom. The van der Waals surface area contributed by atoms with Crippen molar-refractivity contribution in [2.24, 2.45) is 0 Å². The van der Waals surface area contributed by atoms with E-state index in [0.29, 0.717) is 11.3 Å². The number of benzene rings is 2. The Labute approximate surface area is 278 Å². The highest BCUT2D eigenvalue weighted by molar-refractivity contribution is 5.86. The summed E-state index contributed by atoms with van der Waals surface area (Å²) in [5.74, 6) is 0.685. The number of aliphatic hydroxyl groups is 8. The summed E-state index contributed by atoms with van der Waals surface area (Å²) < 4.78 is 45.0. The largest absolute Gasteiger partial charge is 0.493 e. The Hall–Kier alpha value is -3.59. The van der Waals surface area contributed by atoms with Crippen molar-refractivity contribution in [1.29, 1.82) is 0 Å². The number of aliphatic hydroxyl groups excluding tert-OH is 8. The second kappa shape index (κ2) is 16.0. The van der Waals surface area contributed by atoms with E-state index in [0.717, 1.165) is 0 Å². The molecule has 2 aromatic carbocycles. The smallest absolute Gasteiger partial charge is 0.229 e. The number of hydrogen-bond acceptors (Lipinski definition) is 17. The molecule has 8 N–H and O–H groups in total. The summed E-state index contributed by atoms with van der Waals surface area (Å²) in [6.07, 6.45) is -15.1. The Balaban J connectivity index is 1.42. The third-order valence-corrected chi connectivity index (χ3v) is 8.07. The maximum absolute atomic E-state index is 13.4. The molecule has 0 radical (unpaired) electrons. The average Bonchev–Trinajstić information content (AvgIpc) is 3.09. The average molecular weight is 697 g/mol. The molecule has 3 aromatic rings. The van der Waals surface area contributed by atoms with E-state index in [-0.39, 0.29) is 60.4 Å². The van der Waals surface area contributed by atoms with Gasteiger partial charge in [-0.2, -0.15) is 0 Å². The van der Waals surface area contributed by atoms with Gasteiger partial charge in [-0.3, -0.25) is 4.79 Å². The first-order valence-electron chi connectivity index (χ1n) is 15.4. The molecule has 49 heavy (non-hydrogen) atoms. The molecule has 5 rings (SSSR count). The zero-order valence-electron chi connectivity index (χ0n) is 26.5. The molecule has 0 saturated carbocycles. The van der Waals surface area contributed by atoms with Crippen molar-refractivity contribution in [2.45, 2.75) is 68.3 Å². The highest BCUT2D eigenvalue weighted by atomic mass is 16.7. The fourth-order valence-corrected chi connectivity index (χ4v) is 5.43. The molecule has 10 atom stereocenters. The zero-order valence-corrected chi connectivity index (χ0v) is 26.5. The molecule has 3 heterocycles. The van der Waals surface area contributed by atoms with Crippen molar-refractivity contribution >= 4 is 11.0 Å². The van der Waals surface area contributed by atoms with E-state index in [1.54, 1.807) is 18.2 Å². The molecule has 0 aliphatic carbocycles. The van der Waals surface area contributed by atoms with Crippen molar-refractivity contribution in [3.8, 4) is 34.3 Å². The van der Waals surface area contributed by atoms with Crippen LogP contribution in [0.2, 0.25) is 0 Å². The van der Waals surface area contributed by atoms with Crippen LogP contribution in [0.3, 0.4) is 0 Å². The number of ether oxygens (including phenoxy) is 7. The molecule has 17 nitrogen and oxygen atoms in total. The van der Waals surface area contributed by atoms with Crippen molar-refractivity contribution in [2.75, 3.05) is 40.1 Å². The first-order chi connectivity index (χ1) is 23.5. The minimum atomic E-state index is -1.79. The lowest BCUT2D eigenvalue weighted by Gasteiger charge is -2.42. The maximum atomic E-state index is 13.4. The fourth-order valence-electron chi connectivity index (χ4n) is 5.43. The second-order valence-electron chi connectivity index (χ2n) is 11.4. The molecule has 2 unspecified atom stereocenters. The van der Waals surface area contributed by atoms with Gasteiger partial charge in [-0.1, -0.05) is 0 Å². The third kappa shape index (κ3) is 7.92. The monoisotopic (exact) mass is 696 g/mol. The van der Waals surface area contributed by atoms with Gasteiger partial charge in [0.05, 0.1) is 33.0 Å². The first-order valence-corrected chi connectivity index (χ1v) is 15.4. The molecule has 270 valence electrons. The zero-order chi connectivity index (χ0) is 35.4. The van der Waals surface area contributed by atoms with Crippen LogP contribution >= 0.6 is 0 Å². The van der Waals surface area contributed by atoms with Crippen LogP contribution in [-0.2, 0) is 14.2 Å². The first kappa shape index (κ1) is 36.7. The van der Waals surface area contributed by atoms with Gasteiger partial charge in [-0.05, 0) is 25.1 Å². The third-order valence-electron chi connectivity index (χ3n) is 8.07. The highest BCUT2D eigenvalue weighted by Gasteiger charge is 2.47. The van der Waals surface area contributed by atoms with Crippen molar-refractivity contribution in [1.82, 2.24) is 0 Å². The van der Waals surface area contributed by atoms with E-state index >= 15 is 0 Å². The van der Waals surface area contributed by atoms with Crippen LogP contribution in [0.4, 0.5) is 0 Å². The molecule has 2 saturated heterocycles. The van der Waals surface area contributed by atoms with Crippen molar-refractivity contribution in [3.05, 3.63) is 46.6 Å². The van der Waals surface area contributed by atoms with Crippen LogP contribution in [0.5, 0.6) is 23.0 Å². The van der Waals surface area contributed by atoms with E-state index in [4.69, 9.17) is 37.6 Å². The molecule has 0 amide bonds. The summed E-state index contributed by atoms with van der Waals surface area (Å²) in [7, 11) is 1.45. The second-order valence-corrected chi connectivity index (χ2v) is 11.4. The molecule has 0 bridgehead atoms. The Kier molecular flexibility index (Phi) is 11.9. The van der Waals surface area contributed by atoms with E-state index in [2.05, 4.69) is 0 Å². The summed E-state index contributed by atoms with van der Waals surface area (Å²) in [5, 5.41) is 80.8. The summed E-state index contributed by atoms with van der Waals surface area (Å²) in [5.41, 5.74) is -0.106. The molecule has 17 heteroatoms. The van der Waals surface area contributed by atoms with Gasteiger partial charge in [0.1, 0.15) is 84.2 Å². The van der Waals surface area contributed by atoms with Gasteiger partial charge in [0.15, 0.2) is 23.2 Å². The lowest BCUT2D eigenvalue weighted by molar-refractivity contribution is -0.318. The van der Waals surface area contributed by atoms with E-state index in [1.807, 2.05) is 0 Å². The Morgan fingerprint density at radius 2 is 1.41 bits per heavy atom. The van der Waals surface area contributed by atoms with E-state index < -0.39 is 73.4 Å². The molecule has 2 aliphatic rings.